The van der Waals surface area contributed by atoms with E-state index in [0.717, 1.165) is 50.1 Å². The van der Waals surface area contributed by atoms with E-state index in [0.29, 0.717) is 25.6 Å². The first kappa shape index (κ1) is 21.3. The van der Waals surface area contributed by atoms with Crippen molar-refractivity contribution in [3.63, 3.8) is 0 Å². The van der Waals surface area contributed by atoms with Crippen LogP contribution >= 0.6 is 0 Å². The molecule has 1 aromatic carbocycles. The normalized spacial score (nSPS) is 20.3. The Morgan fingerprint density at radius 2 is 1.57 bits per heavy atom. The van der Waals surface area contributed by atoms with Crippen LogP contribution in [0, 0.1) is 0 Å². The largest absolute Gasteiger partial charge is 0.490 e. The third-order valence-electron chi connectivity index (χ3n) is 6.25. The van der Waals surface area contributed by atoms with Gasteiger partial charge in [-0.25, -0.2) is 12.7 Å². The van der Waals surface area contributed by atoms with Crippen LogP contribution < -0.4 is 4.74 Å². The number of hydrogen-bond acceptors (Lipinski definition) is 5. The molecule has 0 N–H and O–H groups in total. The lowest BCUT2D eigenvalue weighted by molar-refractivity contribution is 0.0585. The predicted octanol–water partition coefficient (Wildman–Crippen LogP) is 2.96. The van der Waals surface area contributed by atoms with Gasteiger partial charge in [-0.15, -0.1) is 0 Å². The van der Waals surface area contributed by atoms with E-state index in [1.54, 1.807) is 16.7 Å². The van der Waals surface area contributed by atoms with Crippen molar-refractivity contribution in [3.05, 3.63) is 60.4 Å². The number of ether oxygens (including phenoxy) is 1. The zero-order valence-electron chi connectivity index (χ0n) is 17.4. The van der Waals surface area contributed by atoms with Crippen LogP contribution in [0.1, 0.15) is 31.2 Å². The van der Waals surface area contributed by atoms with Gasteiger partial charge in [-0.3, -0.25) is 4.98 Å². The van der Waals surface area contributed by atoms with E-state index in [2.05, 4.69) is 9.88 Å². The lowest BCUT2D eigenvalue weighted by Gasteiger charge is -2.41. The second-order valence-electron chi connectivity index (χ2n) is 8.22. The number of aromatic nitrogens is 1. The van der Waals surface area contributed by atoms with Gasteiger partial charge >= 0.3 is 0 Å². The Morgan fingerprint density at radius 3 is 2.23 bits per heavy atom. The Bertz CT molecular complexity index is 876. The minimum absolute atomic E-state index is 0.194. The van der Waals surface area contributed by atoms with Gasteiger partial charge in [0.15, 0.2) is 0 Å². The van der Waals surface area contributed by atoms with E-state index in [4.69, 9.17) is 4.74 Å². The lowest BCUT2D eigenvalue weighted by Crippen LogP contribution is -2.50. The van der Waals surface area contributed by atoms with Crippen molar-refractivity contribution in [2.75, 3.05) is 31.9 Å². The molecular weight excluding hydrogens is 398 g/mol. The lowest BCUT2D eigenvalue weighted by atomic mass is 10.00. The van der Waals surface area contributed by atoms with Crippen LogP contribution in [0.5, 0.6) is 5.75 Å². The van der Waals surface area contributed by atoms with E-state index >= 15 is 0 Å². The molecule has 0 spiro atoms. The second kappa shape index (κ2) is 9.90. The summed E-state index contributed by atoms with van der Waals surface area (Å²) in [5.74, 6) is 1.08. The summed E-state index contributed by atoms with van der Waals surface area (Å²) in [6, 6.07) is 14.1. The molecule has 162 valence electrons. The molecule has 7 heteroatoms. The van der Waals surface area contributed by atoms with Crippen molar-refractivity contribution in [3.8, 4) is 5.75 Å². The minimum atomic E-state index is -3.19. The topological polar surface area (TPSA) is 62.7 Å². The van der Waals surface area contributed by atoms with Crippen LogP contribution in [0.2, 0.25) is 0 Å². The summed E-state index contributed by atoms with van der Waals surface area (Å²) in [7, 11) is -3.19. The Morgan fingerprint density at radius 1 is 0.900 bits per heavy atom. The highest BCUT2D eigenvalue weighted by molar-refractivity contribution is 7.89. The molecule has 0 bridgehead atoms. The highest BCUT2D eigenvalue weighted by Crippen LogP contribution is 2.25. The summed E-state index contributed by atoms with van der Waals surface area (Å²) in [6.45, 7) is 3.30. The number of hydrogen-bond donors (Lipinski definition) is 0. The molecular formula is C23H31N3O3S. The van der Waals surface area contributed by atoms with Gasteiger partial charge in [0.05, 0.1) is 5.75 Å². The van der Waals surface area contributed by atoms with Crippen molar-refractivity contribution in [1.29, 1.82) is 0 Å². The number of pyridine rings is 1. The van der Waals surface area contributed by atoms with Gasteiger partial charge in [0.2, 0.25) is 10.0 Å². The first-order valence-electron chi connectivity index (χ1n) is 10.9. The molecule has 30 heavy (non-hydrogen) atoms. The quantitative estimate of drug-likeness (QED) is 0.677. The monoisotopic (exact) mass is 429 g/mol. The van der Waals surface area contributed by atoms with Crippen LogP contribution in [0.3, 0.4) is 0 Å². The molecule has 1 aromatic heterocycles. The number of nitrogens with zero attached hydrogens (tertiary/aromatic N) is 3. The smallest absolute Gasteiger partial charge is 0.214 e. The molecule has 0 radical (unpaired) electrons. The fourth-order valence-corrected chi connectivity index (χ4v) is 5.99. The number of aryl methyl sites for hydroxylation is 1. The maximum atomic E-state index is 12.7. The molecule has 2 fully saturated rings. The summed E-state index contributed by atoms with van der Waals surface area (Å²) in [6.07, 6.45) is 8.20. The molecule has 4 rings (SSSR count). The van der Waals surface area contributed by atoms with Crippen molar-refractivity contribution in [2.45, 2.75) is 44.2 Å². The summed E-state index contributed by atoms with van der Waals surface area (Å²) in [4.78, 5) is 6.56. The van der Waals surface area contributed by atoms with Crippen molar-refractivity contribution < 1.29 is 13.2 Å². The molecule has 0 aliphatic carbocycles. The fourth-order valence-electron chi connectivity index (χ4n) is 4.47. The zero-order valence-corrected chi connectivity index (χ0v) is 18.2. The van der Waals surface area contributed by atoms with Crippen molar-refractivity contribution in [1.82, 2.24) is 14.2 Å². The number of rotatable bonds is 7. The summed E-state index contributed by atoms with van der Waals surface area (Å²) in [5, 5.41) is 0. The van der Waals surface area contributed by atoms with E-state index < -0.39 is 10.0 Å². The molecule has 0 amide bonds. The molecule has 0 unspecified atom stereocenters. The van der Waals surface area contributed by atoms with E-state index in [-0.39, 0.29) is 11.9 Å². The van der Waals surface area contributed by atoms with Crippen LogP contribution in [0.15, 0.2) is 54.9 Å². The minimum Gasteiger partial charge on any atom is -0.490 e. The molecule has 3 heterocycles. The van der Waals surface area contributed by atoms with Crippen LogP contribution in [-0.2, 0) is 16.4 Å². The first-order chi connectivity index (χ1) is 14.6. The number of likely N-dealkylation sites (tertiary alicyclic amines) is 1. The number of piperidine rings is 2. The molecule has 6 nitrogen and oxygen atoms in total. The van der Waals surface area contributed by atoms with Gasteiger partial charge in [0, 0.05) is 44.6 Å². The van der Waals surface area contributed by atoms with Crippen molar-refractivity contribution in [2.24, 2.45) is 0 Å². The average Bonchev–Trinajstić information content (AvgIpc) is 2.80. The fraction of sp³-hybridized carbons (Fsp3) is 0.522. The van der Waals surface area contributed by atoms with E-state index in [9.17, 15) is 8.42 Å². The maximum absolute atomic E-state index is 12.7. The first-order valence-corrected chi connectivity index (χ1v) is 12.5. The van der Waals surface area contributed by atoms with E-state index in [1.807, 2.05) is 42.5 Å². The van der Waals surface area contributed by atoms with Crippen LogP contribution in [0.4, 0.5) is 0 Å². The third kappa shape index (κ3) is 5.59. The molecule has 2 saturated heterocycles. The highest BCUT2D eigenvalue weighted by Gasteiger charge is 2.32. The molecule has 2 aliphatic heterocycles. The summed E-state index contributed by atoms with van der Waals surface area (Å²) >= 11 is 0. The Labute approximate surface area is 179 Å². The van der Waals surface area contributed by atoms with Crippen LogP contribution in [-0.4, -0.2) is 66.7 Å². The molecule has 2 aliphatic rings. The van der Waals surface area contributed by atoms with Gasteiger partial charge in [-0.05, 0) is 49.8 Å². The zero-order chi connectivity index (χ0) is 20.8. The Hall–Kier alpha value is -1.96. The SMILES string of the molecule is O=S(=O)(CCc1ccccc1)N1CCC(N2CCC(Oc3ccncc3)CC2)CC1. The standard InChI is InChI=1S/C23H31N3O3S/c27-30(28,19-12-20-4-2-1-3-5-20)26-17-8-21(9-18-26)25-15-10-23(11-16-25)29-22-6-13-24-14-7-22/h1-7,13-14,21,23H,8-12,15-19H2. The second-order valence-corrected chi connectivity index (χ2v) is 10.3. The Kier molecular flexibility index (Phi) is 7.02. The van der Waals surface area contributed by atoms with Gasteiger partial charge in [0.1, 0.15) is 11.9 Å². The van der Waals surface area contributed by atoms with Crippen LogP contribution in [0.25, 0.3) is 0 Å². The van der Waals surface area contributed by atoms with E-state index in [1.165, 1.54) is 0 Å². The maximum Gasteiger partial charge on any atom is 0.214 e. The number of benzene rings is 1. The van der Waals surface area contributed by atoms with Gasteiger partial charge in [-0.1, -0.05) is 30.3 Å². The predicted molar refractivity (Wildman–Crippen MR) is 118 cm³/mol. The van der Waals surface area contributed by atoms with Gasteiger partial charge in [0.25, 0.3) is 0 Å². The molecule has 2 aromatic rings. The average molecular weight is 430 g/mol. The summed E-state index contributed by atoms with van der Waals surface area (Å²) in [5.41, 5.74) is 1.08. The summed E-state index contributed by atoms with van der Waals surface area (Å²) < 4.78 is 33.3. The van der Waals surface area contributed by atoms with Gasteiger partial charge < -0.3 is 9.64 Å². The molecule has 0 saturated carbocycles. The van der Waals surface area contributed by atoms with Gasteiger partial charge in [-0.2, -0.15) is 0 Å². The van der Waals surface area contributed by atoms with Crippen molar-refractivity contribution >= 4 is 10.0 Å². The third-order valence-corrected chi connectivity index (χ3v) is 8.13. The highest BCUT2D eigenvalue weighted by atomic mass is 32.2. The number of sulfonamides is 1. The Balaban J connectivity index is 1.21. The molecule has 0 atom stereocenters.